The lowest BCUT2D eigenvalue weighted by atomic mass is 9.78. The first kappa shape index (κ1) is 25.1. The van der Waals surface area contributed by atoms with Crippen molar-refractivity contribution in [2.45, 2.75) is 25.8 Å². The Bertz CT molecular complexity index is 1200. The van der Waals surface area contributed by atoms with Gasteiger partial charge >= 0.3 is 0 Å². The van der Waals surface area contributed by atoms with Crippen LogP contribution in [0.2, 0.25) is 5.02 Å². The molecule has 35 heavy (non-hydrogen) atoms. The third kappa shape index (κ3) is 4.62. The number of hydrogen-bond acceptors (Lipinski definition) is 4. The standard InChI is InChI=1S/C26H23Cl2FN2O4/c1-15-5-4-7-19-22(15)26(35)31(25(19)34)30(24(33)18-6-2-3-8-20(18)28)21(13-14-27)23(32)16-9-11-17(29)12-10-16/h2-6,8-12,15,19,21-22H,7,13-14H2,1H3/t15-,19+,21-,22+/m1/s1. The van der Waals surface area contributed by atoms with E-state index < -0.39 is 47.2 Å². The van der Waals surface area contributed by atoms with Crippen molar-refractivity contribution in [3.05, 3.63) is 82.6 Å². The number of allylic oxidation sites excluding steroid dienone is 2. The molecule has 6 nitrogen and oxygen atoms in total. The fraction of sp³-hybridized carbons (Fsp3) is 0.308. The number of imide groups is 1. The Balaban J connectivity index is 1.83. The number of alkyl halides is 1. The molecule has 1 aliphatic carbocycles. The van der Waals surface area contributed by atoms with Gasteiger partial charge in [0.1, 0.15) is 11.9 Å². The maximum atomic E-state index is 13.9. The minimum absolute atomic E-state index is 0.0299. The van der Waals surface area contributed by atoms with Crippen LogP contribution in [0.25, 0.3) is 0 Å². The Morgan fingerprint density at radius 1 is 1.11 bits per heavy atom. The molecule has 1 fully saturated rings. The van der Waals surface area contributed by atoms with Gasteiger partial charge in [-0.1, -0.05) is 42.8 Å². The normalized spacial score (nSPS) is 22.2. The smallest absolute Gasteiger partial charge is 0.275 e. The molecular weight excluding hydrogens is 494 g/mol. The predicted molar refractivity (Wildman–Crippen MR) is 129 cm³/mol. The largest absolute Gasteiger partial charge is 0.292 e. The number of ketones is 1. The van der Waals surface area contributed by atoms with E-state index in [1.165, 1.54) is 24.3 Å². The molecule has 3 amide bonds. The van der Waals surface area contributed by atoms with Crippen molar-refractivity contribution < 1.29 is 23.6 Å². The topological polar surface area (TPSA) is 74.8 Å². The SMILES string of the molecule is C[C@@H]1C=CC[C@@H]2C(=O)N(N(C(=O)c3ccccc3Cl)[C@H](CCCl)C(=O)c3ccc(F)cc3)C(=O)[C@@H]12. The molecule has 0 saturated carbocycles. The quantitative estimate of drug-likeness (QED) is 0.226. The van der Waals surface area contributed by atoms with Crippen LogP contribution in [0, 0.1) is 23.6 Å². The number of fused-ring (bicyclic) bond motifs is 1. The third-order valence-corrected chi connectivity index (χ3v) is 7.03. The highest BCUT2D eigenvalue weighted by atomic mass is 35.5. The van der Waals surface area contributed by atoms with Crippen LogP contribution in [0.15, 0.2) is 60.7 Å². The number of halogens is 3. The molecule has 0 bridgehead atoms. The van der Waals surface area contributed by atoms with Gasteiger partial charge in [-0.25, -0.2) is 9.40 Å². The monoisotopic (exact) mass is 516 g/mol. The number of hydrazine groups is 1. The van der Waals surface area contributed by atoms with Crippen LogP contribution in [0.1, 0.15) is 40.5 Å². The van der Waals surface area contributed by atoms with Crippen molar-refractivity contribution in [2.24, 2.45) is 17.8 Å². The van der Waals surface area contributed by atoms with Crippen molar-refractivity contribution in [1.29, 1.82) is 0 Å². The van der Waals surface area contributed by atoms with Gasteiger partial charge in [0.25, 0.3) is 17.7 Å². The first-order valence-electron chi connectivity index (χ1n) is 11.2. The highest BCUT2D eigenvalue weighted by Gasteiger charge is 2.54. The summed E-state index contributed by atoms with van der Waals surface area (Å²) in [7, 11) is 0. The van der Waals surface area contributed by atoms with Gasteiger partial charge < -0.3 is 0 Å². The van der Waals surface area contributed by atoms with E-state index in [9.17, 15) is 23.6 Å². The molecule has 0 spiro atoms. The van der Waals surface area contributed by atoms with Crippen LogP contribution in [0.3, 0.4) is 0 Å². The van der Waals surface area contributed by atoms with Crippen LogP contribution in [0.5, 0.6) is 0 Å². The van der Waals surface area contributed by atoms with E-state index in [4.69, 9.17) is 23.2 Å². The first-order chi connectivity index (χ1) is 16.8. The van der Waals surface area contributed by atoms with E-state index in [1.54, 1.807) is 12.1 Å². The Hall–Kier alpha value is -3.03. The summed E-state index contributed by atoms with van der Waals surface area (Å²) < 4.78 is 13.5. The van der Waals surface area contributed by atoms with Gasteiger partial charge in [-0.2, -0.15) is 5.01 Å². The molecule has 0 aromatic heterocycles. The molecule has 1 aliphatic heterocycles. The van der Waals surface area contributed by atoms with E-state index in [0.717, 1.165) is 22.2 Å². The van der Waals surface area contributed by atoms with Crippen LogP contribution in [-0.4, -0.2) is 45.4 Å². The zero-order chi connectivity index (χ0) is 25.3. The second-order valence-corrected chi connectivity index (χ2v) is 9.42. The molecule has 4 rings (SSSR count). The molecule has 0 radical (unpaired) electrons. The highest BCUT2D eigenvalue weighted by Crippen LogP contribution is 2.40. The van der Waals surface area contributed by atoms with E-state index in [2.05, 4.69) is 0 Å². The van der Waals surface area contributed by atoms with Gasteiger partial charge in [0.2, 0.25) is 0 Å². The van der Waals surface area contributed by atoms with E-state index in [1.807, 2.05) is 19.1 Å². The van der Waals surface area contributed by atoms with E-state index >= 15 is 0 Å². The number of carbonyl (C=O) groups excluding carboxylic acids is 4. The van der Waals surface area contributed by atoms with Gasteiger partial charge in [-0.05, 0) is 55.2 Å². The summed E-state index contributed by atoms with van der Waals surface area (Å²) in [6.07, 6.45) is 4.03. The molecule has 182 valence electrons. The molecule has 1 saturated heterocycles. The lowest BCUT2D eigenvalue weighted by molar-refractivity contribution is -0.156. The number of nitrogens with zero attached hydrogens (tertiary/aromatic N) is 2. The molecule has 9 heteroatoms. The average Bonchev–Trinajstić information content (AvgIpc) is 3.10. The minimum atomic E-state index is -1.29. The van der Waals surface area contributed by atoms with Gasteiger partial charge in [-0.3, -0.25) is 19.2 Å². The van der Waals surface area contributed by atoms with E-state index in [0.29, 0.717) is 6.42 Å². The lowest BCUT2D eigenvalue weighted by Gasteiger charge is -2.36. The third-order valence-electron chi connectivity index (χ3n) is 6.49. The Morgan fingerprint density at radius 2 is 1.80 bits per heavy atom. The summed E-state index contributed by atoms with van der Waals surface area (Å²) in [6, 6.07) is 9.72. The van der Waals surface area contributed by atoms with Crippen LogP contribution >= 0.6 is 23.2 Å². The van der Waals surface area contributed by atoms with Crippen molar-refractivity contribution in [2.75, 3.05) is 5.88 Å². The summed E-state index contributed by atoms with van der Waals surface area (Å²) in [5.74, 6) is -4.53. The fourth-order valence-electron chi connectivity index (χ4n) is 4.75. The molecule has 4 atom stereocenters. The summed E-state index contributed by atoms with van der Waals surface area (Å²) in [5.41, 5.74) is 0.146. The number of Topliss-reactive ketones (excluding diaryl/α,β-unsaturated/α-hetero) is 1. The zero-order valence-corrected chi connectivity index (χ0v) is 20.4. The number of carbonyl (C=O) groups is 4. The molecule has 2 aromatic rings. The van der Waals surface area contributed by atoms with Crippen molar-refractivity contribution in [1.82, 2.24) is 10.0 Å². The molecule has 0 unspecified atom stereocenters. The number of hydrogen-bond donors (Lipinski definition) is 0. The Labute approximate surface area is 212 Å². The predicted octanol–water partition coefficient (Wildman–Crippen LogP) is 4.91. The van der Waals surface area contributed by atoms with Gasteiger partial charge in [-0.15, -0.1) is 11.6 Å². The molecule has 0 N–H and O–H groups in total. The van der Waals surface area contributed by atoms with Gasteiger partial charge in [0.15, 0.2) is 5.78 Å². The van der Waals surface area contributed by atoms with Crippen molar-refractivity contribution >= 4 is 46.7 Å². The van der Waals surface area contributed by atoms with Crippen LogP contribution < -0.4 is 0 Å². The second-order valence-electron chi connectivity index (χ2n) is 8.64. The van der Waals surface area contributed by atoms with Crippen molar-refractivity contribution in [3.8, 4) is 0 Å². The average molecular weight is 517 g/mol. The lowest BCUT2D eigenvalue weighted by Crippen LogP contribution is -2.57. The van der Waals surface area contributed by atoms with E-state index in [-0.39, 0.29) is 34.4 Å². The summed E-state index contributed by atoms with van der Waals surface area (Å²) in [5, 5.41) is 1.82. The Morgan fingerprint density at radius 3 is 2.43 bits per heavy atom. The van der Waals surface area contributed by atoms with Gasteiger partial charge in [0.05, 0.1) is 22.4 Å². The maximum Gasteiger partial charge on any atom is 0.275 e. The zero-order valence-electron chi connectivity index (χ0n) is 18.9. The second kappa shape index (κ2) is 10.3. The molecular formula is C26H23Cl2FN2O4. The molecule has 2 aromatic carbocycles. The number of benzene rings is 2. The molecule has 1 heterocycles. The highest BCUT2D eigenvalue weighted by molar-refractivity contribution is 6.34. The van der Waals surface area contributed by atoms with Gasteiger partial charge in [0, 0.05) is 11.4 Å². The van der Waals surface area contributed by atoms with Crippen molar-refractivity contribution in [3.63, 3.8) is 0 Å². The van der Waals surface area contributed by atoms with Crippen LogP contribution in [-0.2, 0) is 9.59 Å². The molecule has 2 aliphatic rings. The fourth-order valence-corrected chi connectivity index (χ4v) is 5.17. The maximum absolute atomic E-state index is 13.9. The summed E-state index contributed by atoms with van der Waals surface area (Å²) in [4.78, 5) is 54.6. The summed E-state index contributed by atoms with van der Waals surface area (Å²) in [6.45, 7) is 1.84. The minimum Gasteiger partial charge on any atom is -0.292 e. The number of rotatable bonds is 7. The summed E-state index contributed by atoms with van der Waals surface area (Å²) >= 11 is 12.3. The Kier molecular flexibility index (Phi) is 7.38. The number of amides is 3. The first-order valence-corrected chi connectivity index (χ1v) is 12.2. The van der Waals surface area contributed by atoms with Crippen LogP contribution in [0.4, 0.5) is 4.39 Å².